The van der Waals surface area contributed by atoms with Crippen LogP contribution in [0.25, 0.3) is 0 Å². The molecule has 0 fully saturated rings. The topological polar surface area (TPSA) is 33.3 Å². The average Bonchev–Trinajstić information content (AvgIpc) is 2.56. The van der Waals surface area contributed by atoms with Gasteiger partial charge in [0.25, 0.3) is 0 Å². The van der Waals surface area contributed by atoms with Crippen LogP contribution < -0.4 is 15.4 Å². The molecule has 0 spiro atoms. The predicted molar refractivity (Wildman–Crippen MR) is 97.0 cm³/mol. The van der Waals surface area contributed by atoms with Gasteiger partial charge in [0.1, 0.15) is 5.75 Å². The summed E-state index contributed by atoms with van der Waals surface area (Å²) >= 11 is 7.15. The molecule has 0 unspecified atom stereocenters. The quantitative estimate of drug-likeness (QED) is 0.719. The number of halogens is 3. The number of hydrogen-bond donors (Lipinski definition) is 2. The molecule has 0 saturated carbocycles. The lowest BCUT2D eigenvalue weighted by atomic mass is 10.0. The van der Waals surface area contributed by atoms with Gasteiger partial charge in [-0.15, -0.1) is 24.9 Å². The second-order valence-electron chi connectivity index (χ2n) is 5.40. The Balaban J connectivity index is 1.60. The van der Waals surface area contributed by atoms with Crippen molar-refractivity contribution in [2.75, 3.05) is 11.1 Å². The Hall–Kier alpha value is -1.93. The number of ether oxygens (including phenoxy) is 1. The third-order valence-corrected chi connectivity index (χ3v) is 4.95. The van der Waals surface area contributed by atoms with E-state index in [2.05, 4.69) is 27.5 Å². The van der Waals surface area contributed by atoms with Crippen molar-refractivity contribution in [2.24, 2.45) is 0 Å². The van der Waals surface area contributed by atoms with Crippen molar-refractivity contribution < 1.29 is 17.9 Å². The molecule has 0 radical (unpaired) electrons. The summed E-state index contributed by atoms with van der Waals surface area (Å²) in [6, 6.07) is 13.7. The Morgan fingerprint density at radius 2 is 1.84 bits per heavy atom. The second-order valence-corrected chi connectivity index (χ2v) is 6.94. The lowest BCUT2D eigenvalue weighted by molar-refractivity contribution is -0.274. The Labute approximate surface area is 152 Å². The second kappa shape index (κ2) is 7.53. The monoisotopic (exact) mass is 384 g/mol. The van der Waals surface area contributed by atoms with E-state index in [1.807, 2.05) is 23.9 Å². The zero-order valence-corrected chi connectivity index (χ0v) is 14.6. The first kappa shape index (κ1) is 17.9. The van der Waals surface area contributed by atoms with Crippen LogP contribution in [0.4, 0.5) is 18.9 Å². The summed E-state index contributed by atoms with van der Waals surface area (Å²) in [5, 5.41) is 6.69. The maximum atomic E-state index is 12.2. The summed E-state index contributed by atoms with van der Waals surface area (Å²) in [7, 11) is 0. The fraction of sp³-hybridized carbons (Fsp3) is 0.235. The first-order valence-corrected chi connectivity index (χ1v) is 8.95. The minimum Gasteiger partial charge on any atom is -0.406 e. The summed E-state index contributed by atoms with van der Waals surface area (Å²) in [5.41, 5.74) is 1.79. The van der Waals surface area contributed by atoms with Gasteiger partial charge in [-0.2, -0.15) is 0 Å². The first-order chi connectivity index (χ1) is 11.9. The van der Waals surface area contributed by atoms with Gasteiger partial charge >= 0.3 is 6.36 Å². The number of rotatable bonds is 3. The van der Waals surface area contributed by atoms with Gasteiger partial charge in [-0.3, -0.25) is 0 Å². The molecule has 1 aliphatic rings. The van der Waals surface area contributed by atoms with Crippen LogP contribution in [0.2, 0.25) is 0 Å². The van der Waals surface area contributed by atoms with Crippen molar-refractivity contribution in [1.29, 1.82) is 0 Å². The van der Waals surface area contributed by atoms with Crippen LogP contribution in [0.5, 0.6) is 5.75 Å². The van der Waals surface area contributed by atoms with Gasteiger partial charge in [0.2, 0.25) is 0 Å². The summed E-state index contributed by atoms with van der Waals surface area (Å²) < 4.78 is 40.3. The average molecular weight is 384 g/mol. The number of fused-ring (bicyclic) bond motifs is 1. The highest BCUT2D eigenvalue weighted by molar-refractivity contribution is 7.99. The zero-order valence-electron chi connectivity index (χ0n) is 13.0. The third-order valence-electron chi connectivity index (χ3n) is 3.61. The van der Waals surface area contributed by atoms with Crippen molar-refractivity contribution in [3.05, 3.63) is 54.1 Å². The highest BCUT2D eigenvalue weighted by Crippen LogP contribution is 2.35. The molecule has 1 heterocycles. The standard InChI is InChI=1S/C17H15F3N2OS2/c18-17(19,20)23-12-7-5-11(6-8-12)21-16(24)22-14-9-10-25-15-4-2-1-3-13(14)15/h1-8,14H,9-10H2,(H2,21,22,24)/t14-/m1/s1. The van der Waals surface area contributed by atoms with E-state index in [9.17, 15) is 13.2 Å². The highest BCUT2D eigenvalue weighted by atomic mass is 32.2. The van der Waals surface area contributed by atoms with Gasteiger partial charge in [0, 0.05) is 16.3 Å². The Morgan fingerprint density at radius 1 is 1.12 bits per heavy atom. The number of nitrogens with one attached hydrogen (secondary N) is 2. The summed E-state index contributed by atoms with van der Waals surface area (Å²) in [4.78, 5) is 1.24. The molecule has 1 aliphatic heterocycles. The molecule has 2 aromatic rings. The lowest BCUT2D eigenvalue weighted by Crippen LogP contribution is -2.33. The van der Waals surface area contributed by atoms with Crippen LogP contribution in [0, 0.1) is 0 Å². The molecule has 8 heteroatoms. The maximum Gasteiger partial charge on any atom is 0.573 e. The maximum absolute atomic E-state index is 12.2. The van der Waals surface area contributed by atoms with Crippen LogP contribution in [-0.4, -0.2) is 17.2 Å². The fourth-order valence-corrected chi connectivity index (χ4v) is 3.94. The smallest absolute Gasteiger partial charge is 0.406 e. The van der Waals surface area contributed by atoms with E-state index in [4.69, 9.17) is 12.2 Å². The largest absolute Gasteiger partial charge is 0.573 e. The van der Waals surface area contributed by atoms with Crippen LogP contribution >= 0.6 is 24.0 Å². The van der Waals surface area contributed by atoms with Crippen LogP contribution in [0.3, 0.4) is 0 Å². The molecule has 2 N–H and O–H groups in total. The minimum atomic E-state index is -4.70. The number of thiocarbonyl (C=S) groups is 1. The lowest BCUT2D eigenvalue weighted by Gasteiger charge is -2.27. The molecule has 0 aliphatic carbocycles. The molecular weight excluding hydrogens is 369 g/mol. The molecule has 3 rings (SSSR count). The third kappa shape index (κ3) is 5.02. The van der Waals surface area contributed by atoms with E-state index in [-0.39, 0.29) is 11.8 Å². The van der Waals surface area contributed by atoms with Gasteiger partial charge in [-0.05, 0) is 54.5 Å². The predicted octanol–water partition coefficient (Wildman–Crippen LogP) is 5.11. The van der Waals surface area contributed by atoms with Gasteiger partial charge < -0.3 is 15.4 Å². The number of thioether (sulfide) groups is 1. The molecule has 3 nitrogen and oxygen atoms in total. The zero-order chi connectivity index (χ0) is 17.9. The molecule has 25 heavy (non-hydrogen) atoms. The molecule has 0 bridgehead atoms. The Kier molecular flexibility index (Phi) is 5.39. The molecule has 1 atom stereocenters. The summed E-state index contributed by atoms with van der Waals surface area (Å²) in [5.74, 6) is 0.732. The van der Waals surface area contributed by atoms with Crippen molar-refractivity contribution in [1.82, 2.24) is 5.32 Å². The Morgan fingerprint density at radius 3 is 2.56 bits per heavy atom. The van der Waals surface area contributed by atoms with Gasteiger partial charge in [-0.25, -0.2) is 0 Å². The summed E-state index contributed by atoms with van der Waals surface area (Å²) in [6.45, 7) is 0. The van der Waals surface area contributed by atoms with E-state index in [0.29, 0.717) is 10.8 Å². The fourth-order valence-electron chi connectivity index (χ4n) is 2.56. The van der Waals surface area contributed by atoms with Crippen molar-refractivity contribution >= 4 is 34.8 Å². The highest BCUT2D eigenvalue weighted by Gasteiger charge is 2.31. The normalized spacial score (nSPS) is 16.7. The van der Waals surface area contributed by atoms with Crippen LogP contribution in [0.1, 0.15) is 18.0 Å². The van der Waals surface area contributed by atoms with Crippen LogP contribution in [0.15, 0.2) is 53.4 Å². The van der Waals surface area contributed by atoms with E-state index in [0.717, 1.165) is 12.2 Å². The van der Waals surface area contributed by atoms with E-state index >= 15 is 0 Å². The molecular formula is C17H15F3N2OS2. The van der Waals surface area contributed by atoms with E-state index in [1.165, 1.54) is 34.7 Å². The Bertz CT molecular complexity index is 750. The number of benzene rings is 2. The molecule has 132 valence electrons. The van der Waals surface area contributed by atoms with Crippen molar-refractivity contribution in [2.45, 2.75) is 23.7 Å². The van der Waals surface area contributed by atoms with E-state index < -0.39 is 6.36 Å². The number of anilines is 1. The van der Waals surface area contributed by atoms with E-state index in [1.54, 1.807) is 0 Å². The SMILES string of the molecule is FC(F)(F)Oc1ccc(NC(=S)N[C@@H]2CCSc3ccccc32)cc1. The molecule has 2 aromatic carbocycles. The number of hydrogen-bond acceptors (Lipinski definition) is 3. The van der Waals surface area contributed by atoms with Gasteiger partial charge in [0.05, 0.1) is 6.04 Å². The molecule has 0 amide bonds. The first-order valence-electron chi connectivity index (χ1n) is 7.56. The molecule has 0 saturated heterocycles. The van der Waals surface area contributed by atoms with Crippen LogP contribution in [-0.2, 0) is 0 Å². The molecule has 0 aromatic heterocycles. The number of alkyl halides is 3. The van der Waals surface area contributed by atoms with Gasteiger partial charge in [0.15, 0.2) is 5.11 Å². The van der Waals surface area contributed by atoms with Crippen molar-refractivity contribution in [3.63, 3.8) is 0 Å². The van der Waals surface area contributed by atoms with Crippen molar-refractivity contribution in [3.8, 4) is 5.75 Å². The minimum absolute atomic E-state index is 0.116. The van der Waals surface area contributed by atoms with Gasteiger partial charge in [-0.1, -0.05) is 18.2 Å². The summed E-state index contributed by atoms with van der Waals surface area (Å²) in [6.07, 6.45) is -3.75.